The number of benzene rings is 2. The normalized spacial score (nSPS) is 27.5. The fourth-order valence-corrected chi connectivity index (χ4v) is 19.8. The van der Waals surface area contributed by atoms with Crippen molar-refractivity contribution in [3.05, 3.63) is 76.4 Å². The average Bonchev–Trinajstić information content (AvgIpc) is 3.28. The first kappa shape index (κ1) is 18.6. The Labute approximate surface area is 178 Å². The number of hydrogen-bond acceptors (Lipinski definition) is 2. The molecule has 133 valence electrons. The molecule has 0 bridgehead atoms. The van der Waals surface area contributed by atoms with E-state index in [0.717, 1.165) is 9.02 Å². The zero-order valence-electron chi connectivity index (χ0n) is 13.7. The Hall–Kier alpha value is 0.563. The van der Waals surface area contributed by atoms with Crippen LogP contribution in [0.25, 0.3) is 12.2 Å². The van der Waals surface area contributed by atoms with Crippen LogP contribution in [0, 0.1) is 0 Å². The van der Waals surface area contributed by atoms with Crippen LogP contribution in [0.4, 0.5) is 0 Å². The van der Waals surface area contributed by atoms with E-state index in [0.29, 0.717) is 10.1 Å². The van der Waals surface area contributed by atoms with E-state index in [4.69, 9.17) is 26.4 Å². The van der Waals surface area contributed by atoms with Crippen molar-refractivity contribution in [3.63, 3.8) is 0 Å². The predicted molar refractivity (Wildman–Crippen MR) is 121 cm³/mol. The zero-order valence-corrected chi connectivity index (χ0v) is 21.0. The molecule has 1 heterocycles. The minimum absolute atomic E-state index is 0.0150. The first-order valence-electron chi connectivity index (χ1n) is 8.54. The van der Waals surface area contributed by atoms with Crippen molar-refractivity contribution in [2.45, 2.75) is 13.7 Å². The van der Waals surface area contributed by atoms with Crippen molar-refractivity contribution in [2.24, 2.45) is 0 Å². The maximum atomic E-state index is 7.37. The summed E-state index contributed by atoms with van der Waals surface area (Å²) in [4.78, 5) is 0. The summed E-state index contributed by atoms with van der Waals surface area (Å²) in [7, 11) is 19.9. The Morgan fingerprint density at radius 1 is 1.08 bits per heavy atom. The van der Waals surface area contributed by atoms with Crippen LogP contribution in [-0.2, 0) is 14.9 Å². The van der Waals surface area contributed by atoms with Crippen LogP contribution in [-0.4, -0.2) is 9.91 Å². The molecule has 1 saturated heterocycles. The van der Waals surface area contributed by atoms with Gasteiger partial charge in [-0.25, -0.2) is 0 Å². The van der Waals surface area contributed by atoms with Crippen molar-refractivity contribution < 1.29 is 14.9 Å². The molecule has 1 aliphatic heterocycles. The maximum absolute atomic E-state index is 7.37. The van der Waals surface area contributed by atoms with Gasteiger partial charge >= 0.3 is 180 Å². The van der Waals surface area contributed by atoms with Crippen molar-refractivity contribution >= 4 is 69.5 Å². The second-order valence-corrected chi connectivity index (χ2v) is 36.9. The predicted octanol–water partition coefficient (Wildman–Crippen LogP) is 6.87. The van der Waals surface area contributed by atoms with Gasteiger partial charge in [-0.2, -0.15) is 0 Å². The average molecular weight is 563 g/mol. The number of hydrogen-bond donors (Lipinski definition) is 1. The summed E-state index contributed by atoms with van der Waals surface area (Å²) < 4.78 is 1.48. The van der Waals surface area contributed by atoms with Crippen LogP contribution < -0.4 is 3.27 Å². The van der Waals surface area contributed by atoms with Crippen molar-refractivity contribution in [1.29, 1.82) is 0 Å². The monoisotopic (exact) mass is 559 g/mol. The van der Waals surface area contributed by atoms with Gasteiger partial charge in [-0.1, -0.05) is 0 Å². The summed E-state index contributed by atoms with van der Waals surface area (Å²) in [5.41, 5.74) is 6.44. The Bertz CT molecular complexity index is 993. The molecule has 0 radical (unpaired) electrons. The van der Waals surface area contributed by atoms with E-state index in [1.54, 1.807) is 0 Å². The molecule has 2 aromatic rings. The first-order chi connectivity index (χ1) is 12.4. The molecule has 0 N–H and O–H groups in total. The van der Waals surface area contributed by atoms with E-state index in [1.165, 1.54) is 27.8 Å². The molecule has 5 rings (SSSR count). The van der Waals surface area contributed by atoms with Crippen LogP contribution >= 0.6 is 54.1 Å². The summed E-state index contributed by atoms with van der Waals surface area (Å²) >= 11 is 1.18. The molecule has 1 fully saturated rings. The Morgan fingerprint density at radius 3 is 2.69 bits per heavy atom. The van der Waals surface area contributed by atoms with Crippen molar-refractivity contribution in [2.75, 3.05) is 5.75 Å². The standard InChI is InChI=1S/C11H8BrS.C9H7.2ClH.H2S.Zr/c12-11-10-8(6-13-11)5-7-3-1-2-4-9(7)10;1-2-5-9-7-3-6-8(9)4-1;;;;/h1-2,4-5,10-11H,6H2;1-7H;2*1H;1H2;/q;;;;;+3/p-3. The molecule has 3 atom stereocenters. The summed E-state index contributed by atoms with van der Waals surface area (Å²) in [6.45, 7) is 0. The molecule has 2 aliphatic carbocycles. The van der Waals surface area contributed by atoms with Gasteiger partial charge in [0, 0.05) is 0 Å². The van der Waals surface area contributed by atoms with E-state index in [2.05, 4.69) is 76.6 Å². The number of halogens is 3. The number of alkyl halides is 1. The van der Waals surface area contributed by atoms with Gasteiger partial charge in [-0.3, -0.25) is 0 Å². The number of rotatable bonds is 2. The second-order valence-electron chi connectivity index (χ2n) is 7.17. The summed E-state index contributed by atoms with van der Waals surface area (Å²) in [5.74, 6) is 1.48. The van der Waals surface area contributed by atoms with E-state index in [1.807, 2.05) is 11.8 Å². The van der Waals surface area contributed by atoms with Crippen molar-refractivity contribution in [1.82, 2.24) is 0 Å². The van der Waals surface area contributed by atoms with Gasteiger partial charge in [-0.15, -0.1) is 0 Å². The minimum atomic E-state index is -4.61. The van der Waals surface area contributed by atoms with Gasteiger partial charge in [0.15, 0.2) is 0 Å². The Kier molecular flexibility index (Phi) is 4.49. The van der Waals surface area contributed by atoms with E-state index >= 15 is 0 Å². The van der Waals surface area contributed by atoms with Gasteiger partial charge in [0.25, 0.3) is 0 Å². The fraction of sp³-hybridized carbons (Fsp3) is 0.200. The Balaban J connectivity index is 1.69. The topological polar surface area (TPSA) is 0 Å². The molecule has 0 spiro atoms. The molecule has 3 aliphatic rings. The quantitative estimate of drug-likeness (QED) is 0.308. The molecule has 26 heavy (non-hydrogen) atoms. The summed E-state index contributed by atoms with van der Waals surface area (Å²) in [5, 5.41) is 0. The zero-order chi connectivity index (χ0) is 18.1. The molecule has 2 aromatic carbocycles. The third-order valence-electron chi connectivity index (χ3n) is 5.68. The van der Waals surface area contributed by atoms with Crippen LogP contribution in [0.1, 0.15) is 31.8 Å². The molecule has 0 nitrogen and oxygen atoms in total. The summed E-state index contributed by atoms with van der Waals surface area (Å²) in [6.07, 6.45) is 6.62. The van der Waals surface area contributed by atoms with Crippen LogP contribution in [0.3, 0.4) is 0 Å². The molecule has 0 amide bonds. The number of thiol groups is 1. The molecule has 0 saturated carbocycles. The van der Waals surface area contributed by atoms with Crippen LogP contribution in [0.5, 0.6) is 0 Å². The molecular formula is C20H16BrCl2S2Zr. The third kappa shape index (κ3) is 2.66. The molecule has 3 unspecified atom stereocenters. The van der Waals surface area contributed by atoms with Gasteiger partial charge in [0.1, 0.15) is 0 Å². The van der Waals surface area contributed by atoms with E-state index < -0.39 is 14.9 Å². The Morgan fingerprint density at radius 2 is 1.85 bits per heavy atom. The van der Waals surface area contributed by atoms with E-state index in [-0.39, 0.29) is 3.63 Å². The third-order valence-corrected chi connectivity index (χ3v) is 23.6. The number of thioether (sulfide) groups is 1. The fourth-order valence-electron chi connectivity index (χ4n) is 4.44. The number of allylic oxidation sites excluding steroid dienone is 1. The number of fused-ring (bicyclic) bond motifs is 4. The van der Waals surface area contributed by atoms with Gasteiger partial charge < -0.3 is 0 Å². The second kappa shape index (κ2) is 6.28. The molecule has 6 heteroatoms. The summed E-state index contributed by atoms with van der Waals surface area (Å²) in [6, 6.07) is 14.8. The van der Waals surface area contributed by atoms with Crippen LogP contribution in [0.15, 0.2) is 54.1 Å². The van der Waals surface area contributed by atoms with Crippen LogP contribution in [0.2, 0.25) is 0 Å². The SMILES string of the molecule is [SH][Zr]([Cl])([Cl])([c]1cccc2c1C=C1CSC(Br)C12)[CH]1C=Cc2ccccc21. The van der Waals surface area contributed by atoms with Gasteiger partial charge in [0.2, 0.25) is 0 Å². The van der Waals surface area contributed by atoms with Gasteiger partial charge in [-0.05, 0) is 0 Å². The molecular weight excluding hydrogens is 546 g/mol. The van der Waals surface area contributed by atoms with Crippen molar-refractivity contribution in [3.8, 4) is 0 Å². The first-order valence-corrected chi connectivity index (χ1v) is 23.2. The van der Waals surface area contributed by atoms with Gasteiger partial charge in [0.05, 0.1) is 0 Å². The molecule has 0 aromatic heterocycles. The van der Waals surface area contributed by atoms with E-state index in [9.17, 15) is 0 Å².